The Morgan fingerprint density at radius 1 is 1.29 bits per heavy atom. The second-order valence-corrected chi connectivity index (χ2v) is 7.64. The molecule has 6 nitrogen and oxygen atoms in total. The van der Waals surface area contributed by atoms with Gasteiger partial charge in [0, 0.05) is 51.9 Å². The van der Waals surface area contributed by atoms with Crippen LogP contribution >= 0.6 is 24.0 Å². The summed E-state index contributed by atoms with van der Waals surface area (Å²) in [4.78, 5) is 18.6. The van der Waals surface area contributed by atoms with Gasteiger partial charge in [0.15, 0.2) is 5.96 Å². The lowest BCUT2D eigenvalue weighted by atomic mass is 10.0. The van der Waals surface area contributed by atoms with Crippen molar-refractivity contribution in [3.05, 3.63) is 35.4 Å². The summed E-state index contributed by atoms with van der Waals surface area (Å²) < 4.78 is 0. The van der Waals surface area contributed by atoms with Gasteiger partial charge < -0.3 is 20.9 Å². The van der Waals surface area contributed by atoms with Gasteiger partial charge in [-0.2, -0.15) is 0 Å². The second kappa shape index (κ2) is 13.0. The number of carbonyl (C=O) groups excluding carboxylic acids is 1. The van der Waals surface area contributed by atoms with Crippen molar-refractivity contribution in [1.82, 2.24) is 20.9 Å². The number of guanidine groups is 1. The van der Waals surface area contributed by atoms with Gasteiger partial charge in [-0.1, -0.05) is 26.0 Å². The van der Waals surface area contributed by atoms with Crippen LogP contribution in [0.4, 0.5) is 0 Å². The van der Waals surface area contributed by atoms with E-state index in [4.69, 9.17) is 0 Å². The lowest BCUT2D eigenvalue weighted by Crippen LogP contribution is -2.49. The van der Waals surface area contributed by atoms with Crippen molar-refractivity contribution in [2.24, 2.45) is 10.9 Å². The molecule has 7 heteroatoms. The van der Waals surface area contributed by atoms with Crippen molar-refractivity contribution in [2.45, 2.75) is 39.2 Å². The van der Waals surface area contributed by atoms with Crippen LogP contribution in [0.25, 0.3) is 0 Å². The van der Waals surface area contributed by atoms with Gasteiger partial charge >= 0.3 is 0 Å². The molecule has 0 spiro atoms. The van der Waals surface area contributed by atoms with Gasteiger partial charge in [0.2, 0.25) is 0 Å². The molecule has 3 N–H and O–H groups in total. The van der Waals surface area contributed by atoms with Crippen LogP contribution in [0.5, 0.6) is 0 Å². The summed E-state index contributed by atoms with van der Waals surface area (Å²) in [6.45, 7) is 8.83. The zero-order valence-electron chi connectivity index (χ0n) is 17.6. The summed E-state index contributed by atoms with van der Waals surface area (Å²) in [6, 6.07) is 8.24. The van der Waals surface area contributed by atoms with E-state index in [1.54, 1.807) is 7.05 Å². The number of halogens is 1. The van der Waals surface area contributed by atoms with E-state index >= 15 is 0 Å². The molecule has 28 heavy (non-hydrogen) atoms. The van der Waals surface area contributed by atoms with Gasteiger partial charge in [0.1, 0.15) is 0 Å². The molecular weight excluding hydrogens is 465 g/mol. The summed E-state index contributed by atoms with van der Waals surface area (Å²) in [7, 11) is 3.47. The minimum atomic E-state index is -0.0499. The fraction of sp³-hybridized carbons (Fsp3) is 0.619. The summed E-state index contributed by atoms with van der Waals surface area (Å²) >= 11 is 0. The second-order valence-electron chi connectivity index (χ2n) is 7.64. The smallest absolute Gasteiger partial charge is 0.251 e. The van der Waals surface area contributed by atoms with E-state index in [0.29, 0.717) is 11.6 Å². The number of piperidine rings is 1. The molecule has 0 saturated carbocycles. The highest BCUT2D eigenvalue weighted by atomic mass is 127. The van der Waals surface area contributed by atoms with Crippen LogP contribution in [0, 0.1) is 5.92 Å². The highest BCUT2D eigenvalue weighted by molar-refractivity contribution is 14.0. The maximum absolute atomic E-state index is 11.7. The zero-order valence-corrected chi connectivity index (χ0v) is 20.0. The first-order valence-corrected chi connectivity index (χ1v) is 10.0. The van der Waals surface area contributed by atoms with Crippen LogP contribution in [0.15, 0.2) is 29.3 Å². The molecule has 0 atom stereocenters. The topological polar surface area (TPSA) is 68.8 Å². The highest BCUT2D eigenvalue weighted by Gasteiger charge is 2.20. The van der Waals surface area contributed by atoms with Gasteiger partial charge in [-0.3, -0.25) is 9.79 Å². The Labute approximate surface area is 187 Å². The summed E-state index contributed by atoms with van der Waals surface area (Å²) in [5.41, 5.74) is 1.84. The molecule has 0 radical (unpaired) electrons. The molecule has 2 rings (SSSR count). The molecular formula is C21H36IN5O. The van der Waals surface area contributed by atoms with Gasteiger partial charge in [-0.15, -0.1) is 24.0 Å². The van der Waals surface area contributed by atoms with Crippen molar-refractivity contribution < 1.29 is 4.79 Å². The van der Waals surface area contributed by atoms with Crippen molar-refractivity contribution in [1.29, 1.82) is 0 Å². The Morgan fingerprint density at radius 2 is 2.00 bits per heavy atom. The molecule has 1 aliphatic rings. The molecule has 1 aromatic rings. The number of nitrogens with zero attached hydrogens (tertiary/aromatic N) is 2. The van der Waals surface area contributed by atoms with Crippen LogP contribution < -0.4 is 16.0 Å². The molecule has 1 fully saturated rings. The molecule has 1 heterocycles. The minimum absolute atomic E-state index is 0. The molecule has 1 saturated heterocycles. The predicted octanol–water partition coefficient (Wildman–Crippen LogP) is 2.49. The maximum atomic E-state index is 11.7. The number of likely N-dealkylation sites (tertiary alicyclic amines) is 1. The minimum Gasteiger partial charge on any atom is -0.356 e. The van der Waals surface area contributed by atoms with Crippen LogP contribution in [-0.4, -0.2) is 63.1 Å². The van der Waals surface area contributed by atoms with E-state index in [2.05, 4.69) is 45.8 Å². The van der Waals surface area contributed by atoms with E-state index < -0.39 is 0 Å². The quantitative estimate of drug-likeness (QED) is 0.305. The monoisotopic (exact) mass is 501 g/mol. The summed E-state index contributed by atoms with van der Waals surface area (Å²) in [5, 5.41) is 9.61. The van der Waals surface area contributed by atoms with E-state index in [9.17, 15) is 4.79 Å². The Morgan fingerprint density at radius 3 is 2.61 bits per heavy atom. The first kappa shape index (κ1) is 24.7. The van der Waals surface area contributed by atoms with E-state index in [1.807, 2.05) is 25.2 Å². The number of hydrogen-bond acceptors (Lipinski definition) is 3. The third-order valence-electron chi connectivity index (χ3n) is 4.90. The van der Waals surface area contributed by atoms with Crippen LogP contribution in [0.3, 0.4) is 0 Å². The predicted molar refractivity (Wildman–Crippen MR) is 128 cm³/mol. The Bertz CT molecular complexity index is 627. The van der Waals surface area contributed by atoms with Crippen molar-refractivity contribution in [3.8, 4) is 0 Å². The molecule has 0 aromatic heterocycles. The van der Waals surface area contributed by atoms with Gasteiger partial charge in [0.05, 0.1) is 0 Å². The van der Waals surface area contributed by atoms with Crippen molar-refractivity contribution in [2.75, 3.05) is 40.3 Å². The third kappa shape index (κ3) is 8.34. The Balaban J connectivity index is 0.00000392. The molecule has 158 valence electrons. The SMILES string of the molecule is CN=C(NCCc1cccc(C(=O)NC)c1)NC1CCN(CC(C)C)CC1.I. The first-order valence-electron chi connectivity index (χ1n) is 10.0. The number of aliphatic imine (C=N–C) groups is 1. The largest absolute Gasteiger partial charge is 0.356 e. The first-order chi connectivity index (χ1) is 13.0. The van der Waals surface area contributed by atoms with Crippen LogP contribution in [0.1, 0.15) is 42.6 Å². The van der Waals surface area contributed by atoms with Crippen LogP contribution in [-0.2, 0) is 6.42 Å². The molecule has 0 unspecified atom stereocenters. The summed E-state index contributed by atoms with van der Waals surface area (Å²) in [6.07, 6.45) is 3.15. The Hall–Kier alpha value is -1.35. The molecule has 0 bridgehead atoms. The number of hydrogen-bond donors (Lipinski definition) is 3. The molecule has 1 amide bonds. The van der Waals surface area contributed by atoms with Crippen LogP contribution in [0.2, 0.25) is 0 Å². The number of carbonyl (C=O) groups is 1. The molecule has 1 aliphatic heterocycles. The third-order valence-corrected chi connectivity index (χ3v) is 4.90. The Kier molecular flexibility index (Phi) is 11.4. The van der Waals surface area contributed by atoms with E-state index in [1.165, 1.54) is 6.54 Å². The standard InChI is InChI=1S/C21H35N5O.HI/c1-16(2)15-26-12-9-19(10-13-26)25-21(23-4)24-11-8-17-6-5-7-18(14-17)20(27)22-3;/h5-7,14,16,19H,8-13,15H2,1-4H3,(H,22,27)(H2,23,24,25);1H. The van der Waals surface area contributed by atoms with Crippen molar-refractivity contribution in [3.63, 3.8) is 0 Å². The average Bonchev–Trinajstić information content (AvgIpc) is 2.67. The fourth-order valence-corrected chi connectivity index (χ4v) is 3.50. The van der Waals surface area contributed by atoms with E-state index in [-0.39, 0.29) is 29.9 Å². The van der Waals surface area contributed by atoms with Gasteiger partial charge in [-0.25, -0.2) is 0 Å². The average molecular weight is 501 g/mol. The van der Waals surface area contributed by atoms with Gasteiger partial charge in [0.25, 0.3) is 5.91 Å². The molecule has 1 aromatic carbocycles. The maximum Gasteiger partial charge on any atom is 0.251 e. The number of rotatable bonds is 7. The lowest BCUT2D eigenvalue weighted by molar-refractivity contribution is 0.0963. The highest BCUT2D eigenvalue weighted by Crippen LogP contribution is 2.12. The molecule has 0 aliphatic carbocycles. The zero-order chi connectivity index (χ0) is 19.6. The summed E-state index contributed by atoms with van der Waals surface area (Å²) in [5.74, 6) is 1.54. The number of amides is 1. The van der Waals surface area contributed by atoms with Gasteiger partial charge in [-0.05, 0) is 42.9 Å². The number of nitrogens with one attached hydrogen (secondary N) is 3. The lowest BCUT2D eigenvalue weighted by Gasteiger charge is -2.34. The number of benzene rings is 1. The fourth-order valence-electron chi connectivity index (χ4n) is 3.50. The normalized spacial score (nSPS) is 15.8. The van der Waals surface area contributed by atoms with Crippen molar-refractivity contribution >= 4 is 35.8 Å². The van der Waals surface area contributed by atoms with E-state index in [0.717, 1.165) is 56.3 Å².